The molecule has 0 radical (unpaired) electrons. The van der Waals surface area contributed by atoms with Gasteiger partial charge in [-0.05, 0) is 65.9 Å². The van der Waals surface area contributed by atoms with Crippen molar-refractivity contribution < 1.29 is 13.7 Å². The maximum Gasteiger partial charge on any atom is 0.527 e. The van der Waals surface area contributed by atoms with Gasteiger partial charge in [0.05, 0.1) is 0 Å². The summed E-state index contributed by atoms with van der Waals surface area (Å²) in [6, 6.07) is 5.39. The number of anilines is 1. The van der Waals surface area contributed by atoms with E-state index in [0.717, 1.165) is 38.2 Å². The summed E-state index contributed by atoms with van der Waals surface area (Å²) < 4.78 is 16.4. The van der Waals surface area contributed by atoms with E-state index in [1.54, 1.807) is 6.07 Å². The van der Waals surface area contributed by atoms with E-state index in [4.69, 9.17) is 4.74 Å². The zero-order chi connectivity index (χ0) is 19.4. The Morgan fingerprint density at radius 3 is 2.81 bits per heavy atom. The van der Waals surface area contributed by atoms with Crippen molar-refractivity contribution in [3.05, 3.63) is 18.2 Å². The summed E-state index contributed by atoms with van der Waals surface area (Å²) in [5.74, 6) is 1.20. The number of amides is 1. The van der Waals surface area contributed by atoms with Crippen LogP contribution in [0.4, 0.5) is 10.6 Å². The molecule has 0 bridgehead atoms. The topological polar surface area (TPSA) is 71.5 Å². The number of aromatic nitrogens is 1. The first-order valence-electron chi connectivity index (χ1n) is 9.12. The number of rotatable bonds is 6. The van der Waals surface area contributed by atoms with Crippen molar-refractivity contribution in [3.63, 3.8) is 0 Å². The van der Waals surface area contributed by atoms with Crippen molar-refractivity contribution in [3.8, 4) is 0 Å². The van der Waals surface area contributed by atoms with Crippen LogP contribution in [0, 0.1) is 5.92 Å². The van der Waals surface area contributed by atoms with Crippen molar-refractivity contribution in [1.82, 2.24) is 9.88 Å². The fourth-order valence-electron chi connectivity index (χ4n) is 3.39. The summed E-state index contributed by atoms with van der Waals surface area (Å²) >= 11 is 0.399. The number of carbonyl (C=O) groups excluding carboxylic acids is 1. The third kappa shape index (κ3) is 5.90. The largest absolute Gasteiger partial charge is 0.527 e. The molecule has 144 valence electrons. The molecule has 1 aromatic rings. The second kappa shape index (κ2) is 8.29. The minimum atomic E-state index is -0.473. The lowest BCUT2D eigenvalue weighted by Crippen LogP contribution is -2.45. The molecule has 0 spiro atoms. The first-order chi connectivity index (χ1) is 12.1. The lowest BCUT2D eigenvalue weighted by Gasteiger charge is -2.33. The van der Waals surface area contributed by atoms with E-state index < -0.39 is 5.60 Å². The monoisotopic (exact) mass is 380 g/mol. The van der Waals surface area contributed by atoms with Crippen LogP contribution in [0.3, 0.4) is 0 Å². The average molecular weight is 381 g/mol. The Labute approximate surface area is 160 Å². The maximum atomic E-state index is 12.5. The second-order valence-electron chi connectivity index (χ2n) is 8.49. The molecule has 0 aliphatic carbocycles. The molecule has 1 aliphatic heterocycles. The molecule has 1 fully saturated rings. The van der Waals surface area contributed by atoms with Crippen molar-refractivity contribution in [2.45, 2.75) is 70.0 Å². The number of likely N-dealkylation sites (tertiary alicyclic amines) is 1. The second-order valence-corrected chi connectivity index (χ2v) is 9.07. The van der Waals surface area contributed by atoms with Gasteiger partial charge in [-0.3, -0.25) is 0 Å². The highest BCUT2D eigenvalue weighted by atomic mass is 32.1. The number of nitrogens with zero attached hydrogens (tertiary/aromatic N) is 2. The van der Waals surface area contributed by atoms with Crippen LogP contribution < -0.4 is 5.32 Å². The van der Waals surface area contributed by atoms with E-state index >= 15 is 0 Å². The van der Waals surface area contributed by atoms with E-state index in [9.17, 15) is 9.00 Å². The SMILES string of the molecule is CC(C)(C)OC(=O)N1C[C@@H](CCCNc2cccc([S+]=O)n2)CC1(C)C. The summed E-state index contributed by atoms with van der Waals surface area (Å²) in [5.41, 5.74) is -0.652. The van der Waals surface area contributed by atoms with Gasteiger partial charge in [0.1, 0.15) is 11.4 Å². The summed E-state index contributed by atoms with van der Waals surface area (Å²) in [6.07, 6.45) is 2.77. The maximum absolute atomic E-state index is 12.5. The Morgan fingerprint density at radius 1 is 1.42 bits per heavy atom. The predicted octanol–water partition coefficient (Wildman–Crippen LogP) is 4.10. The Kier molecular flexibility index (Phi) is 6.55. The summed E-state index contributed by atoms with van der Waals surface area (Å²) in [6.45, 7) is 11.4. The van der Waals surface area contributed by atoms with E-state index in [0.29, 0.717) is 22.6 Å². The van der Waals surface area contributed by atoms with Crippen LogP contribution in [0.5, 0.6) is 0 Å². The quantitative estimate of drug-likeness (QED) is 0.594. The molecule has 1 aromatic heterocycles. The molecule has 1 saturated heterocycles. The molecule has 26 heavy (non-hydrogen) atoms. The summed E-state index contributed by atoms with van der Waals surface area (Å²) in [5, 5.41) is 3.73. The lowest BCUT2D eigenvalue weighted by molar-refractivity contribution is 0.0131. The van der Waals surface area contributed by atoms with E-state index in [2.05, 4.69) is 24.1 Å². The van der Waals surface area contributed by atoms with Crippen LogP contribution in [0.2, 0.25) is 0 Å². The van der Waals surface area contributed by atoms with E-state index in [1.165, 1.54) is 0 Å². The molecule has 7 heteroatoms. The van der Waals surface area contributed by atoms with Gasteiger partial charge in [0.15, 0.2) is 0 Å². The number of ether oxygens (including phenoxy) is 1. The normalized spacial score (nSPS) is 19.3. The zero-order valence-corrected chi connectivity index (χ0v) is 17.2. The van der Waals surface area contributed by atoms with Crippen LogP contribution in [-0.2, 0) is 20.6 Å². The molecule has 1 atom stereocenters. The molecular weight excluding hydrogens is 350 g/mol. The third-order valence-electron chi connectivity index (χ3n) is 4.48. The highest BCUT2D eigenvalue weighted by Crippen LogP contribution is 2.36. The molecule has 6 nitrogen and oxygen atoms in total. The zero-order valence-electron chi connectivity index (χ0n) is 16.4. The van der Waals surface area contributed by atoms with Crippen LogP contribution in [0.25, 0.3) is 0 Å². The van der Waals surface area contributed by atoms with Gasteiger partial charge in [0, 0.05) is 28.9 Å². The Bertz CT molecular complexity index is 643. The average Bonchev–Trinajstić information content (AvgIpc) is 2.85. The molecule has 0 unspecified atom stereocenters. The van der Waals surface area contributed by atoms with Gasteiger partial charge >= 0.3 is 22.8 Å². The minimum absolute atomic E-state index is 0.179. The number of nitrogens with one attached hydrogen (secondary N) is 1. The summed E-state index contributed by atoms with van der Waals surface area (Å²) in [7, 11) is 0. The Balaban J connectivity index is 1.80. The van der Waals surface area contributed by atoms with Gasteiger partial charge in [0.2, 0.25) is 0 Å². The summed E-state index contributed by atoms with van der Waals surface area (Å²) in [4.78, 5) is 18.5. The highest BCUT2D eigenvalue weighted by Gasteiger charge is 2.42. The number of hydrogen-bond acceptors (Lipinski definition) is 5. The standard InChI is InChI=1S/C19H30N3O3S/c1-18(2,3)25-17(23)22-13-14(12-19(22,4)5)8-7-11-20-15-9-6-10-16(21-15)26-24/h6,9-10,14H,7-8,11-13H2,1-5H3,(H,20,21)/q+1/t14-/m0/s1. The number of pyridine rings is 1. The van der Waals surface area contributed by atoms with Crippen LogP contribution in [-0.4, -0.2) is 40.2 Å². The fourth-order valence-corrected chi connectivity index (χ4v) is 3.66. The van der Waals surface area contributed by atoms with Crippen LogP contribution in [0.1, 0.15) is 53.9 Å². The smallest absolute Gasteiger partial charge is 0.444 e. The van der Waals surface area contributed by atoms with Crippen molar-refractivity contribution in [2.24, 2.45) is 5.92 Å². The van der Waals surface area contributed by atoms with Gasteiger partial charge in [-0.1, -0.05) is 6.07 Å². The third-order valence-corrected chi connectivity index (χ3v) is 4.88. The molecular formula is C19H30N3O3S+. The minimum Gasteiger partial charge on any atom is -0.444 e. The van der Waals surface area contributed by atoms with Gasteiger partial charge < -0.3 is 15.0 Å². The predicted molar refractivity (Wildman–Crippen MR) is 103 cm³/mol. The number of carbonyl (C=O) groups is 1. The number of hydrogen-bond donors (Lipinski definition) is 1. The van der Waals surface area contributed by atoms with Crippen LogP contribution in [0.15, 0.2) is 23.2 Å². The van der Waals surface area contributed by atoms with Crippen molar-refractivity contribution in [2.75, 3.05) is 18.4 Å². The fraction of sp³-hybridized carbons (Fsp3) is 0.684. The van der Waals surface area contributed by atoms with Gasteiger partial charge in [-0.15, -0.1) is 0 Å². The highest BCUT2D eigenvalue weighted by molar-refractivity contribution is 7.65. The van der Waals surface area contributed by atoms with Gasteiger partial charge in [0.25, 0.3) is 0 Å². The van der Waals surface area contributed by atoms with Gasteiger partial charge in [-0.25, -0.2) is 4.79 Å². The van der Waals surface area contributed by atoms with E-state index in [-0.39, 0.29) is 11.6 Å². The molecule has 0 saturated carbocycles. The molecule has 1 N–H and O–H groups in total. The lowest BCUT2D eigenvalue weighted by atomic mass is 9.93. The molecule has 2 heterocycles. The molecule has 2 rings (SSSR count). The molecule has 1 aliphatic rings. The van der Waals surface area contributed by atoms with Crippen LogP contribution >= 0.6 is 0 Å². The Morgan fingerprint density at radius 2 is 2.15 bits per heavy atom. The first kappa shape index (κ1) is 20.6. The van der Waals surface area contributed by atoms with Crippen molar-refractivity contribution in [1.29, 1.82) is 0 Å². The molecule has 0 aromatic carbocycles. The first-order valence-corrected chi connectivity index (χ1v) is 9.86. The van der Waals surface area contributed by atoms with E-state index in [1.807, 2.05) is 37.8 Å². The Hall–Kier alpha value is -1.76. The van der Waals surface area contributed by atoms with Gasteiger partial charge in [-0.2, -0.15) is 4.98 Å². The van der Waals surface area contributed by atoms with Crippen molar-refractivity contribution >= 4 is 23.6 Å². The molecule has 1 amide bonds.